The molecule has 0 aliphatic rings. The van der Waals surface area contributed by atoms with E-state index in [2.05, 4.69) is 0 Å². The van der Waals surface area contributed by atoms with E-state index in [9.17, 15) is 13.6 Å². The number of hydrogen-bond donors (Lipinski definition) is 0. The Labute approximate surface area is 109 Å². The molecule has 0 N–H and O–H groups in total. The standard InChI is InChI=1S/C15H12F2O2/c1-10-7-8-12(16)13(14(10)17)15(18)19-9-11-5-3-2-4-6-11/h2-8H,9H2,1H3. The lowest BCUT2D eigenvalue weighted by atomic mass is 10.1. The maximum Gasteiger partial charge on any atom is 0.344 e. The number of carbonyl (C=O) groups is 1. The number of esters is 1. The number of benzene rings is 2. The zero-order valence-corrected chi connectivity index (χ0v) is 10.3. The SMILES string of the molecule is Cc1ccc(F)c(C(=O)OCc2ccccc2)c1F. The lowest BCUT2D eigenvalue weighted by Crippen LogP contribution is -2.11. The smallest absolute Gasteiger partial charge is 0.344 e. The van der Waals surface area contributed by atoms with Crippen molar-refractivity contribution in [3.8, 4) is 0 Å². The normalized spacial score (nSPS) is 10.3. The Morgan fingerprint density at radius 3 is 2.47 bits per heavy atom. The molecule has 2 nitrogen and oxygen atoms in total. The highest BCUT2D eigenvalue weighted by molar-refractivity contribution is 5.90. The molecule has 0 aliphatic heterocycles. The van der Waals surface area contributed by atoms with Crippen LogP contribution in [0.4, 0.5) is 8.78 Å². The van der Waals surface area contributed by atoms with Crippen LogP contribution in [-0.4, -0.2) is 5.97 Å². The molecule has 0 atom stereocenters. The van der Waals surface area contributed by atoms with Crippen molar-refractivity contribution < 1.29 is 18.3 Å². The van der Waals surface area contributed by atoms with Crippen LogP contribution in [0.15, 0.2) is 42.5 Å². The van der Waals surface area contributed by atoms with Crippen molar-refractivity contribution in [2.75, 3.05) is 0 Å². The first-order valence-electron chi connectivity index (χ1n) is 5.75. The van der Waals surface area contributed by atoms with Crippen LogP contribution < -0.4 is 0 Å². The summed E-state index contributed by atoms with van der Waals surface area (Å²) in [5.41, 5.74) is 0.313. The summed E-state index contributed by atoms with van der Waals surface area (Å²) in [5, 5.41) is 0. The molecule has 0 aromatic heterocycles. The summed E-state index contributed by atoms with van der Waals surface area (Å²) in [4.78, 5) is 11.7. The van der Waals surface area contributed by atoms with Crippen LogP contribution in [-0.2, 0) is 11.3 Å². The van der Waals surface area contributed by atoms with Gasteiger partial charge >= 0.3 is 5.97 Å². The van der Waals surface area contributed by atoms with Gasteiger partial charge in [-0.25, -0.2) is 13.6 Å². The molecule has 4 heteroatoms. The molecule has 0 fully saturated rings. The number of rotatable bonds is 3. The molecule has 0 saturated heterocycles. The van der Waals surface area contributed by atoms with Crippen LogP contribution in [0.3, 0.4) is 0 Å². The van der Waals surface area contributed by atoms with Gasteiger partial charge in [-0.05, 0) is 24.1 Å². The maximum atomic E-state index is 13.7. The largest absolute Gasteiger partial charge is 0.457 e. The average Bonchev–Trinajstić information content (AvgIpc) is 2.42. The van der Waals surface area contributed by atoms with E-state index in [0.717, 1.165) is 11.6 Å². The van der Waals surface area contributed by atoms with Crippen molar-refractivity contribution in [1.82, 2.24) is 0 Å². The van der Waals surface area contributed by atoms with E-state index in [0.29, 0.717) is 0 Å². The molecule has 0 radical (unpaired) electrons. The molecule has 2 aromatic rings. The van der Waals surface area contributed by atoms with Crippen molar-refractivity contribution in [2.24, 2.45) is 0 Å². The fourth-order valence-corrected chi connectivity index (χ4v) is 1.64. The van der Waals surface area contributed by atoms with E-state index in [4.69, 9.17) is 4.74 Å². The molecule has 0 aliphatic carbocycles. The van der Waals surface area contributed by atoms with Crippen LogP contribution in [0.1, 0.15) is 21.5 Å². The van der Waals surface area contributed by atoms with Gasteiger partial charge in [0, 0.05) is 0 Å². The number of halogens is 2. The minimum absolute atomic E-state index is 0.0213. The molecular weight excluding hydrogens is 250 g/mol. The summed E-state index contributed by atoms with van der Waals surface area (Å²) in [6, 6.07) is 11.3. The molecule has 19 heavy (non-hydrogen) atoms. The predicted molar refractivity (Wildman–Crippen MR) is 66.7 cm³/mol. The van der Waals surface area contributed by atoms with Crippen molar-refractivity contribution in [3.63, 3.8) is 0 Å². The van der Waals surface area contributed by atoms with Gasteiger partial charge in [0.2, 0.25) is 0 Å². The van der Waals surface area contributed by atoms with Crippen molar-refractivity contribution in [1.29, 1.82) is 0 Å². The molecule has 2 aromatic carbocycles. The van der Waals surface area contributed by atoms with E-state index >= 15 is 0 Å². The van der Waals surface area contributed by atoms with Gasteiger partial charge < -0.3 is 4.74 Å². The summed E-state index contributed by atoms with van der Waals surface area (Å²) in [6.07, 6.45) is 0. The Balaban J connectivity index is 2.15. The molecule has 0 saturated carbocycles. The Kier molecular flexibility index (Phi) is 3.90. The van der Waals surface area contributed by atoms with E-state index in [-0.39, 0.29) is 12.2 Å². The second-order valence-corrected chi connectivity index (χ2v) is 4.11. The van der Waals surface area contributed by atoms with Crippen LogP contribution in [0.5, 0.6) is 0 Å². The zero-order valence-electron chi connectivity index (χ0n) is 10.3. The van der Waals surface area contributed by atoms with Crippen molar-refractivity contribution >= 4 is 5.97 Å². The van der Waals surface area contributed by atoms with E-state index in [1.807, 2.05) is 6.07 Å². The van der Waals surface area contributed by atoms with Gasteiger partial charge in [-0.15, -0.1) is 0 Å². The zero-order chi connectivity index (χ0) is 13.8. The average molecular weight is 262 g/mol. The Morgan fingerprint density at radius 1 is 1.11 bits per heavy atom. The second-order valence-electron chi connectivity index (χ2n) is 4.11. The van der Waals surface area contributed by atoms with Gasteiger partial charge in [0.1, 0.15) is 23.8 Å². The number of carbonyl (C=O) groups excluding carboxylic acids is 1. The quantitative estimate of drug-likeness (QED) is 0.789. The molecule has 98 valence electrons. The summed E-state index contributed by atoms with van der Waals surface area (Å²) in [6.45, 7) is 1.44. The topological polar surface area (TPSA) is 26.3 Å². The van der Waals surface area contributed by atoms with E-state index in [1.165, 1.54) is 13.0 Å². The van der Waals surface area contributed by atoms with Gasteiger partial charge in [-0.3, -0.25) is 0 Å². The predicted octanol–water partition coefficient (Wildman–Crippen LogP) is 3.63. The lowest BCUT2D eigenvalue weighted by Gasteiger charge is -2.08. The highest BCUT2D eigenvalue weighted by Crippen LogP contribution is 2.18. The van der Waals surface area contributed by atoms with E-state index in [1.54, 1.807) is 24.3 Å². The third-order valence-electron chi connectivity index (χ3n) is 2.70. The summed E-state index contributed by atoms with van der Waals surface area (Å²) >= 11 is 0. The van der Waals surface area contributed by atoms with Crippen LogP contribution in [0, 0.1) is 18.6 Å². The van der Waals surface area contributed by atoms with Gasteiger partial charge in [0.15, 0.2) is 0 Å². The summed E-state index contributed by atoms with van der Waals surface area (Å²) < 4.78 is 32.1. The van der Waals surface area contributed by atoms with Gasteiger partial charge in [0.25, 0.3) is 0 Å². The van der Waals surface area contributed by atoms with Crippen LogP contribution >= 0.6 is 0 Å². The van der Waals surface area contributed by atoms with Crippen LogP contribution in [0.25, 0.3) is 0 Å². The first-order valence-corrected chi connectivity index (χ1v) is 5.75. The molecule has 0 heterocycles. The van der Waals surface area contributed by atoms with E-state index < -0.39 is 23.2 Å². The fraction of sp³-hybridized carbons (Fsp3) is 0.133. The number of hydrogen-bond acceptors (Lipinski definition) is 2. The molecule has 0 amide bonds. The Bertz CT molecular complexity index is 595. The summed E-state index contributed by atoms with van der Waals surface area (Å²) in [7, 11) is 0. The number of aryl methyl sites for hydroxylation is 1. The Morgan fingerprint density at radius 2 is 1.79 bits per heavy atom. The van der Waals surface area contributed by atoms with Gasteiger partial charge in [0.05, 0.1) is 0 Å². The molecular formula is C15H12F2O2. The van der Waals surface area contributed by atoms with Gasteiger partial charge in [-0.1, -0.05) is 36.4 Å². The van der Waals surface area contributed by atoms with Crippen molar-refractivity contribution in [3.05, 3.63) is 70.8 Å². The third kappa shape index (κ3) is 2.96. The first-order chi connectivity index (χ1) is 9.09. The minimum atomic E-state index is -0.998. The van der Waals surface area contributed by atoms with Crippen LogP contribution in [0.2, 0.25) is 0 Å². The van der Waals surface area contributed by atoms with Gasteiger partial charge in [-0.2, -0.15) is 0 Å². The molecule has 0 spiro atoms. The third-order valence-corrected chi connectivity index (χ3v) is 2.70. The lowest BCUT2D eigenvalue weighted by molar-refractivity contribution is 0.0461. The molecule has 0 bridgehead atoms. The monoisotopic (exact) mass is 262 g/mol. The molecule has 0 unspecified atom stereocenters. The second kappa shape index (κ2) is 5.61. The van der Waals surface area contributed by atoms with Crippen molar-refractivity contribution in [2.45, 2.75) is 13.5 Å². The Hall–Kier alpha value is -2.23. The maximum absolute atomic E-state index is 13.7. The summed E-state index contributed by atoms with van der Waals surface area (Å²) in [5.74, 6) is -2.79. The molecule has 2 rings (SSSR count). The highest BCUT2D eigenvalue weighted by Gasteiger charge is 2.20. The minimum Gasteiger partial charge on any atom is -0.457 e. The fourth-order valence-electron chi connectivity index (χ4n) is 1.64. The highest BCUT2D eigenvalue weighted by atomic mass is 19.1. The number of ether oxygens (including phenoxy) is 1. The first kappa shape index (κ1) is 13.2.